The first-order valence-corrected chi connectivity index (χ1v) is 9.32. The van der Waals surface area contributed by atoms with Crippen molar-refractivity contribution in [1.29, 1.82) is 5.26 Å². The Balaban J connectivity index is 1.52. The van der Waals surface area contributed by atoms with Crippen molar-refractivity contribution in [3.8, 4) is 17.2 Å². The van der Waals surface area contributed by atoms with Crippen LogP contribution >= 0.6 is 0 Å². The Hall–Kier alpha value is -3.65. The summed E-state index contributed by atoms with van der Waals surface area (Å²) in [6, 6.07) is 23.5. The Kier molecular flexibility index (Phi) is 5.03. The Morgan fingerprint density at radius 3 is 2.36 bits per heavy atom. The number of benzene rings is 2. The number of pyridine rings is 1. The average molecular weight is 368 g/mol. The van der Waals surface area contributed by atoms with Crippen molar-refractivity contribution in [3.63, 3.8) is 0 Å². The van der Waals surface area contributed by atoms with Crippen LogP contribution < -0.4 is 4.90 Å². The standard InChI is InChI=1S/C23H20N4O/c24-17-19-9-6-12-25-22(19)26-13-15-27(16-14-26)23(28)21-11-5-4-10-20(21)18-7-2-1-3-8-18/h1-12H,13-16H2. The molecule has 1 aromatic heterocycles. The first-order chi connectivity index (χ1) is 13.8. The highest BCUT2D eigenvalue weighted by molar-refractivity contribution is 6.01. The van der Waals surface area contributed by atoms with Crippen molar-refractivity contribution in [3.05, 3.63) is 84.1 Å². The summed E-state index contributed by atoms with van der Waals surface area (Å²) in [5, 5.41) is 9.30. The smallest absolute Gasteiger partial charge is 0.254 e. The topological polar surface area (TPSA) is 60.2 Å². The summed E-state index contributed by atoms with van der Waals surface area (Å²) < 4.78 is 0. The second-order valence-corrected chi connectivity index (χ2v) is 6.68. The van der Waals surface area contributed by atoms with Crippen molar-refractivity contribution in [2.24, 2.45) is 0 Å². The Morgan fingerprint density at radius 2 is 1.61 bits per heavy atom. The summed E-state index contributed by atoms with van der Waals surface area (Å²) in [6.45, 7) is 2.52. The van der Waals surface area contributed by atoms with Gasteiger partial charge in [-0.1, -0.05) is 48.5 Å². The van der Waals surface area contributed by atoms with E-state index in [1.165, 1.54) is 0 Å². The maximum Gasteiger partial charge on any atom is 0.254 e. The Morgan fingerprint density at radius 1 is 0.893 bits per heavy atom. The number of anilines is 1. The minimum absolute atomic E-state index is 0.0423. The van der Waals surface area contributed by atoms with Crippen molar-refractivity contribution >= 4 is 11.7 Å². The predicted molar refractivity (Wildman–Crippen MR) is 109 cm³/mol. The van der Waals surface area contributed by atoms with Crippen LogP contribution in [-0.4, -0.2) is 42.0 Å². The molecule has 138 valence electrons. The summed E-state index contributed by atoms with van der Waals surface area (Å²) in [7, 11) is 0. The van der Waals surface area contributed by atoms with E-state index in [0.717, 1.165) is 16.7 Å². The molecular formula is C23H20N4O. The molecule has 1 aliphatic rings. The van der Waals surface area contributed by atoms with Gasteiger partial charge in [0, 0.05) is 37.9 Å². The van der Waals surface area contributed by atoms with E-state index in [2.05, 4.69) is 16.0 Å². The van der Waals surface area contributed by atoms with Crippen molar-refractivity contribution in [1.82, 2.24) is 9.88 Å². The number of carbonyl (C=O) groups excluding carboxylic acids is 1. The molecule has 2 heterocycles. The van der Waals surface area contributed by atoms with Crippen LogP contribution in [0.15, 0.2) is 72.9 Å². The Bertz CT molecular complexity index is 1020. The number of carbonyl (C=O) groups is 1. The van der Waals surface area contributed by atoms with E-state index in [-0.39, 0.29) is 5.91 Å². The highest BCUT2D eigenvalue weighted by Crippen LogP contribution is 2.25. The lowest BCUT2D eigenvalue weighted by Crippen LogP contribution is -2.49. The summed E-state index contributed by atoms with van der Waals surface area (Å²) in [6.07, 6.45) is 1.70. The molecule has 2 aromatic carbocycles. The van der Waals surface area contributed by atoms with Gasteiger partial charge < -0.3 is 9.80 Å². The van der Waals surface area contributed by atoms with Gasteiger partial charge in [-0.05, 0) is 29.3 Å². The van der Waals surface area contributed by atoms with Crippen molar-refractivity contribution in [2.45, 2.75) is 0 Å². The largest absolute Gasteiger partial charge is 0.352 e. The molecule has 3 aromatic rings. The van der Waals surface area contributed by atoms with Gasteiger partial charge in [0.1, 0.15) is 11.9 Å². The zero-order chi connectivity index (χ0) is 19.3. The summed E-state index contributed by atoms with van der Waals surface area (Å²) in [5.41, 5.74) is 3.28. The van der Waals surface area contributed by atoms with Crippen LogP contribution in [0.25, 0.3) is 11.1 Å². The molecule has 1 fully saturated rings. The van der Waals surface area contributed by atoms with Crippen molar-refractivity contribution < 1.29 is 4.79 Å². The highest BCUT2D eigenvalue weighted by atomic mass is 16.2. The fourth-order valence-electron chi connectivity index (χ4n) is 3.57. The number of rotatable bonds is 3. The van der Waals surface area contributed by atoms with Gasteiger partial charge in [0.15, 0.2) is 0 Å². The zero-order valence-corrected chi connectivity index (χ0v) is 15.5. The fourth-order valence-corrected chi connectivity index (χ4v) is 3.57. The van der Waals surface area contributed by atoms with Crippen LogP contribution in [0.4, 0.5) is 5.82 Å². The van der Waals surface area contributed by atoms with E-state index in [1.807, 2.05) is 59.5 Å². The lowest BCUT2D eigenvalue weighted by atomic mass is 9.98. The van der Waals surface area contributed by atoms with Crippen molar-refractivity contribution in [2.75, 3.05) is 31.1 Å². The lowest BCUT2D eigenvalue weighted by molar-refractivity contribution is 0.0747. The summed E-state index contributed by atoms with van der Waals surface area (Å²) in [4.78, 5) is 21.5. The first-order valence-electron chi connectivity index (χ1n) is 9.32. The third-order valence-electron chi connectivity index (χ3n) is 5.02. The predicted octanol–water partition coefficient (Wildman–Crippen LogP) is 3.58. The number of aromatic nitrogens is 1. The van der Waals surface area contributed by atoms with Crippen LogP contribution in [0.1, 0.15) is 15.9 Å². The van der Waals surface area contributed by atoms with E-state index >= 15 is 0 Å². The second-order valence-electron chi connectivity index (χ2n) is 6.68. The van der Waals surface area contributed by atoms with Gasteiger partial charge in [-0.2, -0.15) is 5.26 Å². The molecule has 0 saturated carbocycles. The monoisotopic (exact) mass is 368 g/mol. The molecule has 4 rings (SSSR count). The van der Waals surface area contributed by atoms with Gasteiger partial charge in [0.2, 0.25) is 0 Å². The molecule has 0 bridgehead atoms. The summed E-state index contributed by atoms with van der Waals surface area (Å²) >= 11 is 0. The van der Waals surface area contributed by atoms with Gasteiger partial charge in [-0.15, -0.1) is 0 Å². The maximum absolute atomic E-state index is 13.2. The molecule has 0 atom stereocenters. The number of piperazine rings is 1. The van der Waals surface area contributed by atoms with Crippen LogP contribution in [0.2, 0.25) is 0 Å². The number of hydrogen-bond acceptors (Lipinski definition) is 4. The molecule has 0 radical (unpaired) electrons. The molecule has 1 saturated heterocycles. The van der Waals surface area contributed by atoms with Crippen LogP contribution in [-0.2, 0) is 0 Å². The van der Waals surface area contributed by atoms with Crippen LogP contribution in [0.5, 0.6) is 0 Å². The molecule has 1 amide bonds. The molecular weight excluding hydrogens is 348 g/mol. The third-order valence-corrected chi connectivity index (χ3v) is 5.02. The highest BCUT2D eigenvalue weighted by Gasteiger charge is 2.25. The fraction of sp³-hybridized carbons (Fsp3) is 0.174. The molecule has 0 aliphatic carbocycles. The van der Waals surface area contributed by atoms with Crippen LogP contribution in [0, 0.1) is 11.3 Å². The minimum atomic E-state index is 0.0423. The van der Waals surface area contributed by atoms with Crippen LogP contribution in [0.3, 0.4) is 0 Å². The number of nitrogens with zero attached hydrogens (tertiary/aromatic N) is 4. The quantitative estimate of drug-likeness (QED) is 0.709. The number of amides is 1. The van der Waals surface area contributed by atoms with E-state index in [4.69, 9.17) is 0 Å². The Labute approximate surface area is 164 Å². The van der Waals surface area contributed by atoms with Gasteiger partial charge >= 0.3 is 0 Å². The SMILES string of the molecule is N#Cc1cccnc1N1CCN(C(=O)c2ccccc2-c2ccccc2)CC1. The average Bonchev–Trinajstić information content (AvgIpc) is 2.79. The molecule has 0 spiro atoms. The van der Waals surface area contributed by atoms with Gasteiger partial charge in [-0.3, -0.25) is 4.79 Å². The molecule has 0 unspecified atom stereocenters. The number of nitriles is 1. The maximum atomic E-state index is 13.2. The van der Waals surface area contributed by atoms with E-state index in [1.54, 1.807) is 18.3 Å². The lowest BCUT2D eigenvalue weighted by Gasteiger charge is -2.36. The van der Waals surface area contributed by atoms with E-state index < -0.39 is 0 Å². The zero-order valence-electron chi connectivity index (χ0n) is 15.5. The number of hydrogen-bond donors (Lipinski definition) is 0. The molecule has 1 aliphatic heterocycles. The molecule has 0 N–H and O–H groups in total. The van der Waals surface area contributed by atoms with E-state index in [0.29, 0.717) is 37.6 Å². The van der Waals surface area contributed by atoms with E-state index in [9.17, 15) is 10.1 Å². The molecule has 5 heteroatoms. The third kappa shape index (κ3) is 3.45. The normalized spacial score (nSPS) is 13.8. The molecule has 28 heavy (non-hydrogen) atoms. The molecule has 5 nitrogen and oxygen atoms in total. The second kappa shape index (κ2) is 7.93. The summed E-state index contributed by atoms with van der Waals surface area (Å²) in [5.74, 6) is 0.738. The minimum Gasteiger partial charge on any atom is -0.352 e. The van der Waals surface area contributed by atoms with Gasteiger partial charge in [0.05, 0.1) is 5.56 Å². The van der Waals surface area contributed by atoms with Gasteiger partial charge in [0.25, 0.3) is 5.91 Å². The van der Waals surface area contributed by atoms with Gasteiger partial charge in [-0.25, -0.2) is 4.98 Å². The first kappa shape index (κ1) is 17.7.